The first kappa shape index (κ1) is 28.0. The van der Waals surface area contributed by atoms with Gasteiger partial charge in [0.1, 0.15) is 11.8 Å². The van der Waals surface area contributed by atoms with Crippen LogP contribution in [0.3, 0.4) is 0 Å². The molecule has 0 saturated heterocycles. The summed E-state index contributed by atoms with van der Waals surface area (Å²) in [5.74, 6) is -0.386. The first-order valence-corrected chi connectivity index (χ1v) is 14.2. The monoisotopic (exact) mass is 570 g/mol. The van der Waals surface area contributed by atoms with Crippen LogP contribution in [-0.2, 0) is 14.3 Å². The highest BCUT2D eigenvalue weighted by molar-refractivity contribution is 7.07. The van der Waals surface area contributed by atoms with E-state index >= 15 is 0 Å². The van der Waals surface area contributed by atoms with Gasteiger partial charge in [-0.2, -0.15) is 0 Å². The predicted octanol–water partition coefficient (Wildman–Crippen LogP) is 4.53. The van der Waals surface area contributed by atoms with E-state index in [4.69, 9.17) is 19.2 Å². The molecular formula is C32H30N2O6S. The molecule has 210 valence electrons. The van der Waals surface area contributed by atoms with Crippen LogP contribution in [0.4, 0.5) is 0 Å². The van der Waals surface area contributed by atoms with Crippen molar-refractivity contribution in [1.29, 1.82) is 0 Å². The maximum Gasteiger partial charge on any atom is 0.338 e. The van der Waals surface area contributed by atoms with Crippen molar-refractivity contribution in [3.63, 3.8) is 0 Å². The molecule has 0 aliphatic carbocycles. The number of thiazole rings is 1. The van der Waals surface area contributed by atoms with E-state index in [2.05, 4.69) is 0 Å². The van der Waals surface area contributed by atoms with Gasteiger partial charge in [-0.1, -0.05) is 67.1 Å². The molecule has 1 atom stereocenters. The lowest BCUT2D eigenvalue weighted by Gasteiger charge is -2.28. The van der Waals surface area contributed by atoms with Crippen LogP contribution in [0.1, 0.15) is 54.2 Å². The molecule has 0 unspecified atom stereocenters. The number of aromatic nitrogens is 1. The second kappa shape index (κ2) is 11.9. The van der Waals surface area contributed by atoms with Crippen molar-refractivity contribution in [1.82, 2.24) is 4.57 Å². The molecule has 1 aliphatic rings. The second-order valence-corrected chi connectivity index (χ2v) is 10.4. The summed E-state index contributed by atoms with van der Waals surface area (Å²) in [7, 11) is 2.91. The topological polar surface area (TPSA) is 96.2 Å². The first-order valence-electron chi connectivity index (χ1n) is 13.4. The number of allylic oxidation sites excluding steroid dienone is 1. The molecule has 2 heterocycles. The molecule has 3 aromatic carbocycles. The number of fused-ring (bicyclic) bond motifs is 2. The smallest absolute Gasteiger partial charge is 0.338 e. The minimum atomic E-state index is -0.809. The summed E-state index contributed by atoms with van der Waals surface area (Å²) in [6, 6.07) is 17.6. The normalized spacial score (nSPS) is 14.9. The van der Waals surface area contributed by atoms with E-state index in [-0.39, 0.29) is 12.2 Å². The molecule has 9 heteroatoms. The summed E-state index contributed by atoms with van der Waals surface area (Å²) in [5.41, 5.74) is 2.50. The fourth-order valence-electron chi connectivity index (χ4n) is 5.11. The van der Waals surface area contributed by atoms with E-state index < -0.39 is 18.0 Å². The lowest BCUT2D eigenvalue weighted by Crippen LogP contribution is -2.40. The van der Waals surface area contributed by atoms with Crippen molar-refractivity contribution in [2.45, 2.75) is 32.7 Å². The van der Waals surface area contributed by atoms with Crippen molar-refractivity contribution in [3.8, 4) is 5.75 Å². The predicted molar refractivity (Wildman–Crippen MR) is 158 cm³/mol. The third kappa shape index (κ3) is 5.20. The van der Waals surface area contributed by atoms with E-state index in [1.165, 1.54) is 18.4 Å². The average molecular weight is 571 g/mol. The van der Waals surface area contributed by atoms with E-state index in [1.807, 2.05) is 43.3 Å². The number of nitrogens with zero attached hydrogens (tertiary/aromatic N) is 2. The summed E-state index contributed by atoms with van der Waals surface area (Å²) in [6.07, 6.45) is 3.05. The van der Waals surface area contributed by atoms with E-state index in [1.54, 1.807) is 48.9 Å². The molecule has 41 heavy (non-hydrogen) atoms. The minimum Gasteiger partial charge on any atom is -0.496 e. The quantitative estimate of drug-likeness (QED) is 0.289. The average Bonchev–Trinajstić information content (AvgIpc) is 3.30. The summed E-state index contributed by atoms with van der Waals surface area (Å²) in [5, 5.41) is 1.82. The van der Waals surface area contributed by atoms with Gasteiger partial charge in [0.05, 0.1) is 42.2 Å². The van der Waals surface area contributed by atoms with Crippen LogP contribution in [-0.4, -0.2) is 37.3 Å². The van der Waals surface area contributed by atoms with Crippen LogP contribution in [0.2, 0.25) is 0 Å². The standard InChI is InChI=1S/C32H30N2O6S/c1-5-9-23-27(31(37)40-6-2)28(26-22-11-8-7-10-20(22)16-17-24(26)38-3)34-29(35)25(41-32(34)33-23)18-19-12-14-21(15-13-19)30(36)39-4/h7-8,10-18,28H,5-6,9H2,1-4H3/b25-18-/t28-/m0/s1. The Kier molecular flexibility index (Phi) is 8.16. The Labute approximate surface area is 240 Å². The number of benzene rings is 3. The van der Waals surface area contributed by atoms with Crippen LogP contribution in [0.5, 0.6) is 5.75 Å². The third-order valence-corrected chi connectivity index (χ3v) is 7.93. The van der Waals surface area contributed by atoms with Gasteiger partial charge in [0.15, 0.2) is 4.80 Å². The molecule has 0 N–H and O–H groups in total. The molecule has 8 nitrogen and oxygen atoms in total. The molecule has 0 saturated carbocycles. The summed E-state index contributed by atoms with van der Waals surface area (Å²) in [6.45, 7) is 3.96. The highest BCUT2D eigenvalue weighted by Gasteiger charge is 2.37. The Hall–Kier alpha value is -4.50. The zero-order valence-electron chi connectivity index (χ0n) is 23.3. The third-order valence-electron chi connectivity index (χ3n) is 6.95. The van der Waals surface area contributed by atoms with Gasteiger partial charge >= 0.3 is 11.9 Å². The molecule has 4 aromatic rings. The Bertz CT molecular complexity index is 1850. The fourth-order valence-corrected chi connectivity index (χ4v) is 6.13. The molecule has 0 fully saturated rings. The van der Waals surface area contributed by atoms with Crippen molar-refractivity contribution in [2.24, 2.45) is 4.99 Å². The highest BCUT2D eigenvalue weighted by Crippen LogP contribution is 2.41. The van der Waals surface area contributed by atoms with Gasteiger partial charge in [0.2, 0.25) is 0 Å². The van der Waals surface area contributed by atoms with Crippen LogP contribution < -0.4 is 19.6 Å². The number of ether oxygens (including phenoxy) is 3. The van der Waals surface area contributed by atoms with Crippen molar-refractivity contribution in [3.05, 3.63) is 108 Å². The second-order valence-electron chi connectivity index (χ2n) is 9.43. The Morgan fingerprint density at radius 2 is 1.76 bits per heavy atom. The molecule has 0 bridgehead atoms. The zero-order valence-corrected chi connectivity index (χ0v) is 24.1. The Morgan fingerprint density at radius 3 is 2.44 bits per heavy atom. The number of esters is 2. The molecule has 0 amide bonds. The number of hydrogen-bond acceptors (Lipinski definition) is 8. The summed E-state index contributed by atoms with van der Waals surface area (Å²) < 4.78 is 18.2. The lowest BCUT2D eigenvalue weighted by molar-refractivity contribution is -0.139. The van der Waals surface area contributed by atoms with Crippen LogP contribution >= 0.6 is 11.3 Å². The number of rotatable bonds is 8. The number of methoxy groups -OCH3 is 2. The van der Waals surface area contributed by atoms with Crippen molar-refractivity contribution < 1.29 is 23.8 Å². The molecule has 1 aromatic heterocycles. The Balaban J connectivity index is 1.81. The highest BCUT2D eigenvalue weighted by atomic mass is 32.1. The summed E-state index contributed by atoms with van der Waals surface area (Å²) in [4.78, 5) is 44.9. The first-order chi connectivity index (χ1) is 19.9. The van der Waals surface area contributed by atoms with Gasteiger partial charge in [0.25, 0.3) is 5.56 Å². The molecular weight excluding hydrogens is 540 g/mol. The van der Waals surface area contributed by atoms with E-state index in [0.29, 0.717) is 43.9 Å². The van der Waals surface area contributed by atoms with Crippen LogP contribution in [0.15, 0.2) is 81.7 Å². The van der Waals surface area contributed by atoms with Crippen LogP contribution in [0, 0.1) is 0 Å². The van der Waals surface area contributed by atoms with Crippen molar-refractivity contribution >= 4 is 40.1 Å². The SMILES string of the molecule is CCCC1=C(C(=O)OCC)[C@H](c2c(OC)ccc3ccccc23)n2c(s/c(=C\c3ccc(C(=O)OC)cc3)c2=O)=N1. The fraction of sp³-hybridized carbons (Fsp3) is 0.250. The van der Waals surface area contributed by atoms with Crippen molar-refractivity contribution in [2.75, 3.05) is 20.8 Å². The van der Waals surface area contributed by atoms with Gasteiger partial charge in [-0.15, -0.1) is 0 Å². The number of carbonyl (C=O) groups excluding carboxylic acids is 2. The molecule has 1 aliphatic heterocycles. The number of hydrogen-bond donors (Lipinski definition) is 0. The van der Waals surface area contributed by atoms with E-state index in [9.17, 15) is 14.4 Å². The van der Waals surface area contributed by atoms with Gasteiger partial charge in [-0.25, -0.2) is 14.6 Å². The molecule has 0 radical (unpaired) electrons. The van der Waals surface area contributed by atoms with Gasteiger partial charge in [-0.05, 0) is 54.0 Å². The Morgan fingerprint density at radius 1 is 1.00 bits per heavy atom. The van der Waals surface area contributed by atoms with Gasteiger partial charge in [-0.3, -0.25) is 9.36 Å². The largest absolute Gasteiger partial charge is 0.496 e. The molecule has 0 spiro atoms. The minimum absolute atomic E-state index is 0.188. The van der Waals surface area contributed by atoms with Gasteiger partial charge in [0, 0.05) is 5.56 Å². The van der Waals surface area contributed by atoms with Crippen LogP contribution in [0.25, 0.3) is 16.8 Å². The number of carbonyl (C=O) groups is 2. The maximum atomic E-state index is 14.1. The van der Waals surface area contributed by atoms with Gasteiger partial charge < -0.3 is 14.2 Å². The lowest BCUT2D eigenvalue weighted by atomic mass is 9.90. The summed E-state index contributed by atoms with van der Waals surface area (Å²) >= 11 is 1.26. The van der Waals surface area contributed by atoms with E-state index in [0.717, 1.165) is 22.8 Å². The molecule has 5 rings (SSSR count). The zero-order chi connectivity index (χ0) is 29.1. The maximum absolute atomic E-state index is 14.1.